The molecule has 0 aromatic heterocycles. The van der Waals surface area contributed by atoms with Crippen LogP contribution in [0.4, 0.5) is 4.79 Å². The molecule has 0 heterocycles. The summed E-state index contributed by atoms with van der Waals surface area (Å²) in [6.45, 7) is 3.46. The molecule has 0 aromatic rings. The third-order valence-corrected chi connectivity index (χ3v) is 2.51. The first kappa shape index (κ1) is 14.3. The van der Waals surface area contributed by atoms with E-state index in [0.29, 0.717) is 0 Å². The highest BCUT2D eigenvalue weighted by atomic mass is 16.4. The monoisotopic (exact) mass is 257 g/mol. The van der Waals surface area contributed by atoms with E-state index in [1.807, 2.05) is 13.8 Å². The van der Waals surface area contributed by atoms with Crippen molar-refractivity contribution in [3.05, 3.63) is 0 Å². The van der Waals surface area contributed by atoms with E-state index in [2.05, 4.69) is 16.0 Å². The highest BCUT2D eigenvalue weighted by molar-refractivity contribution is 5.86. The van der Waals surface area contributed by atoms with Crippen LogP contribution < -0.4 is 16.0 Å². The lowest BCUT2D eigenvalue weighted by Gasteiger charge is -2.14. The second kappa shape index (κ2) is 6.23. The predicted molar refractivity (Wildman–Crippen MR) is 64.0 cm³/mol. The number of urea groups is 1. The Bertz CT molecular complexity index is 339. The highest BCUT2D eigenvalue weighted by Crippen LogP contribution is 2.32. The van der Waals surface area contributed by atoms with Gasteiger partial charge >= 0.3 is 12.0 Å². The number of amides is 3. The van der Waals surface area contributed by atoms with Gasteiger partial charge in [-0.05, 0) is 32.6 Å². The van der Waals surface area contributed by atoms with E-state index in [1.165, 1.54) is 0 Å². The van der Waals surface area contributed by atoms with Crippen LogP contribution in [0.1, 0.15) is 26.7 Å². The maximum atomic E-state index is 11.4. The molecular formula is C11H19N3O4. The number of carbonyl (C=O) groups is 3. The Hall–Kier alpha value is -1.79. The van der Waals surface area contributed by atoms with Crippen molar-refractivity contribution in [1.82, 2.24) is 16.0 Å². The molecule has 1 rings (SSSR count). The first-order chi connectivity index (χ1) is 8.40. The molecule has 3 amide bonds. The average molecular weight is 257 g/mol. The Morgan fingerprint density at radius 2 is 1.83 bits per heavy atom. The van der Waals surface area contributed by atoms with Gasteiger partial charge in [0.2, 0.25) is 5.91 Å². The zero-order valence-corrected chi connectivity index (χ0v) is 10.5. The molecule has 1 fully saturated rings. The zero-order valence-electron chi connectivity index (χ0n) is 10.5. The Morgan fingerprint density at radius 3 is 2.28 bits per heavy atom. The zero-order chi connectivity index (χ0) is 13.7. The topological polar surface area (TPSA) is 108 Å². The Kier molecular flexibility index (Phi) is 4.94. The minimum atomic E-state index is -1.04. The summed E-state index contributed by atoms with van der Waals surface area (Å²) in [5, 5.41) is 16.2. The van der Waals surface area contributed by atoms with Crippen LogP contribution in [-0.2, 0) is 9.59 Å². The second-order valence-electron chi connectivity index (χ2n) is 4.70. The number of hydrogen-bond acceptors (Lipinski definition) is 3. The molecule has 0 spiro atoms. The first-order valence-electron chi connectivity index (χ1n) is 5.96. The number of carboxylic acid groups (broad SMARTS) is 1. The molecule has 1 aliphatic rings. The maximum absolute atomic E-state index is 11.4. The number of carbonyl (C=O) groups excluding carboxylic acids is 2. The molecule has 4 N–H and O–H groups in total. The molecule has 0 aromatic carbocycles. The van der Waals surface area contributed by atoms with Gasteiger partial charge < -0.3 is 21.1 Å². The summed E-state index contributed by atoms with van der Waals surface area (Å²) < 4.78 is 0. The Balaban J connectivity index is 2.28. The molecule has 0 aliphatic heterocycles. The second-order valence-corrected chi connectivity index (χ2v) is 4.70. The van der Waals surface area contributed by atoms with Gasteiger partial charge in [-0.1, -0.05) is 0 Å². The van der Waals surface area contributed by atoms with E-state index < -0.39 is 18.0 Å². The molecule has 0 bridgehead atoms. The summed E-state index contributed by atoms with van der Waals surface area (Å²) in [4.78, 5) is 33.5. The van der Waals surface area contributed by atoms with E-state index in [1.54, 1.807) is 0 Å². The van der Waals surface area contributed by atoms with Crippen molar-refractivity contribution < 1.29 is 19.5 Å². The van der Waals surface area contributed by atoms with Crippen LogP contribution in [0.3, 0.4) is 0 Å². The number of carboxylic acids is 1. The summed E-state index contributed by atoms with van der Waals surface area (Å²) in [5.74, 6) is -1.34. The summed E-state index contributed by atoms with van der Waals surface area (Å²) >= 11 is 0. The fourth-order valence-corrected chi connectivity index (χ4v) is 1.54. The van der Waals surface area contributed by atoms with Crippen LogP contribution in [-0.4, -0.2) is 41.6 Å². The summed E-state index contributed by atoms with van der Waals surface area (Å²) in [6, 6.07) is -1.49. The van der Waals surface area contributed by atoms with Gasteiger partial charge in [0, 0.05) is 6.04 Å². The van der Waals surface area contributed by atoms with Gasteiger partial charge in [0.15, 0.2) is 0 Å². The van der Waals surface area contributed by atoms with Gasteiger partial charge in [-0.15, -0.1) is 0 Å². The maximum Gasteiger partial charge on any atom is 0.326 e. The minimum absolute atomic E-state index is 0.000549. The van der Waals surface area contributed by atoms with Crippen LogP contribution in [0.25, 0.3) is 0 Å². The molecule has 1 atom stereocenters. The molecule has 102 valence electrons. The lowest BCUT2D eigenvalue weighted by atomic mass is 10.2. The molecular weight excluding hydrogens is 238 g/mol. The average Bonchev–Trinajstić information content (AvgIpc) is 3.05. The van der Waals surface area contributed by atoms with Gasteiger partial charge in [-0.2, -0.15) is 0 Å². The van der Waals surface area contributed by atoms with Crippen LogP contribution in [0.15, 0.2) is 0 Å². The van der Waals surface area contributed by atoms with Crippen LogP contribution in [0.2, 0.25) is 0 Å². The van der Waals surface area contributed by atoms with Crippen molar-refractivity contribution >= 4 is 17.9 Å². The summed E-state index contributed by atoms with van der Waals surface area (Å²) in [5.41, 5.74) is 0. The molecule has 1 unspecified atom stereocenters. The van der Waals surface area contributed by atoms with Crippen LogP contribution in [0.5, 0.6) is 0 Å². The lowest BCUT2D eigenvalue weighted by Crippen LogP contribution is -2.49. The number of hydrogen-bond donors (Lipinski definition) is 4. The standard InChI is InChI=1S/C11H19N3O4/c1-6(2)13-8(15)5-12-11(18)14-9(10(16)17)7-3-4-7/h6-7,9H,3-5H2,1-2H3,(H,13,15)(H,16,17)(H2,12,14,18). The molecule has 0 saturated heterocycles. The first-order valence-corrected chi connectivity index (χ1v) is 5.96. The quantitative estimate of drug-likeness (QED) is 0.522. The largest absolute Gasteiger partial charge is 0.480 e. The Morgan fingerprint density at radius 1 is 1.22 bits per heavy atom. The molecule has 1 saturated carbocycles. The fourth-order valence-electron chi connectivity index (χ4n) is 1.54. The van der Waals surface area contributed by atoms with Gasteiger partial charge in [0.1, 0.15) is 6.04 Å². The van der Waals surface area contributed by atoms with Crippen molar-refractivity contribution in [3.63, 3.8) is 0 Å². The van der Waals surface area contributed by atoms with Crippen molar-refractivity contribution in [3.8, 4) is 0 Å². The number of rotatable bonds is 6. The fraction of sp³-hybridized carbons (Fsp3) is 0.727. The van der Waals surface area contributed by atoms with E-state index in [9.17, 15) is 14.4 Å². The normalized spacial score (nSPS) is 15.9. The van der Waals surface area contributed by atoms with Crippen molar-refractivity contribution in [2.45, 2.75) is 38.8 Å². The van der Waals surface area contributed by atoms with Gasteiger partial charge in [-0.25, -0.2) is 9.59 Å². The van der Waals surface area contributed by atoms with E-state index in [-0.39, 0.29) is 24.4 Å². The summed E-state index contributed by atoms with van der Waals surface area (Å²) in [7, 11) is 0. The van der Waals surface area contributed by atoms with Crippen LogP contribution >= 0.6 is 0 Å². The highest BCUT2D eigenvalue weighted by Gasteiger charge is 2.37. The van der Waals surface area contributed by atoms with Crippen molar-refractivity contribution in [2.24, 2.45) is 5.92 Å². The molecule has 7 heteroatoms. The SMILES string of the molecule is CC(C)NC(=O)CNC(=O)NC(C(=O)O)C1CC1. The van der Waals surface area contributed by atoms with E-state index in [4.69, 9.17) is 5.11 Å². The minimum Gasteiger partial charge on any atom is -0.480 e. The van der Waals surface area contributed by atoms with E-state index >= 15 is 0 Å². The van der Waals surface area contributed by atoms with E-state index in [0.717, 1.165) is 12.8 Å². The third kappa shape index (κ3) is 5.03. The number of aliphatic carboxylic acids is 1. The molecule has 18 heavy (non-hydrogen) atoms. The predicted octanol–water partition coefficient (Wildman–Crippen LogP) is -0.327. The smallest absolute Gasteiger partial charge is 0.326 e. The molecule has 7 nitrogen and oxygen atoms in total. The van der Waals surface area contributed by atoms with Crippen molar-refractivity contribution in [1.29, 1.82) is 0 Å². The molecule has 0 radical (unpaired) electrons. The van der Waals surface area contributed by atoms with Gasteiger partial charge in [0.05, 0.1) is 6.54 Å². The molecule has 1 aliphatic carbocycles. The summed E-state index contributed by atoms with van der Waals surface area (Å²) in [6.07, 6.45) is 1.62. The third-order valence-electron chi connectivity index (χ3n) is 2.51. The van der Waals surface area contributed by atoms with Gasteiger partial charge in [-0.3, -0.25) is 4.79 Å². The number of nitrogens with one attached hydrogen (secondary N) is 3. The lowest BCUT2D eigenvalue weighted by molar-refractivity contribution is -0.139. The van der Waals surface area contributed by atoms with Crippen molar-refractivity contribution in [2.75, 3.05) is 6.54 Å². The Labute approximate surface area is 105 Å². The van der Waals surface area contributed by atoms with Crippen LogP contribution in [0, 0.1) is 5.92 Å². The van der Waals surface area contributed by atoms with Gasteiger partial charge in [0.25, 0.3) is 0 Å².